The van der Waals surface area contributed by atoms with Gasteiger partial charge in [0.15, 0.2) is 0 Å². The lowest BCUT2D eigenvalue weighted by Gasteiger charge is -2.32. The zero-order valence-electron chi connectivity index (χ0n) is 19.8. The quantitative estimate of drug-likeness (QED) is 0.545. The van der Waals surface area contributed by atoms with Crippen LogP contribution in [0.15, 0.2) is 42.5 Å². The number of hydrogen-bond acceptors (Lipinski definition) is 6. The molecule has 3 aromatic rings. The number of hydrogen-bond donors (Lipinski definition) is 1. The van der Waals surface area contributed by atoms with Gasteiger partial charge < -0.3 is 14.9 Å². The molecule has 1 fully saturated rings. The number of thiazole rings is 1. The Kier molecular flexibility index (Phi) is 6.42. The lowest BCUT2D eigenvalue weighted by atomic mass is 9.76. The van der Waals surface area contributed by atoms with Gasteiger partial charge in [0.1, 0.15) is 5.78 Å². The Morgan fingerprint density at radius 2 is 1.71 bits per heavy atom. The first kappa shape index (κ1) is 23.6. The molecule has 0 radical (unpaired) electrons. The van der Waals surface area contributed by atoms with E-state index < -0.39 is 11.4 Å². The van der Waals surface area contributed by atoms with E-state index >= 15 is 0 Å². The summed E-state index contributed by atoms with van der Waals surface area (Å²) in [5, 5.41) is 10.4. The Labute approximate surface area is 208 Å². The standard InChI is InChI=1S/C27H29N3O4S/c1-29-10-12-30(13-11-29)26(34)18-6-7-22-21(14-18)28-24(35-22)9-8-23(31)27(17-25(32)33)15-19-4-2-3-5-20(19)16-27/h2-7,14H,8-13,15-17H2,1H3,(H,32,33). The predicted octanol–water partition coefficient (Wildman–Crippen LogP) is 3.45. The van der Waals surface area contributed by atoms with Crippen molar-refractivity contribution < 1.29 is 19.5 Å². The number of fused-ring (bicyclic) bond motifs is 2. The molecule has 1 amide bonds. The second-order valence-electron chi connectivity index (χ2n) is 9.78. The number of aryl methyl sites for hydroxylation is 1. The number of carboxylic acid groups (broad SMARTS) is 1. The highest BCUT2D eigenvalue weighted by molar-refractivity contribution is 7.18. The number of likely N-dealkylation sites (N-methyl/N-ethyl adjacent to an activating group) is 1. The van der Waals surface area contributed by atoms with Crippen molar-refractivity contribution in [2.75, 3.05) is 33.2 Å². The molecule has 0 atom stereocenters. The van der Waals surface area contributed by atoms with E-state index in [0.717, 1.165) is 52.5 Å². The lowest BCUT2D eigenvalue weighted by Crippen LogP contribution is -2.47. The van der Waals surface area contributed by atoms with Crippen LogP contribution in [0.5, 0.6) is 0 Å². The molecule has 1 N–H and O–H groups in total. The van der Waals surface area contributed by atoms with Crippen molar-refractivity contribution in [2.45, 2.75) is 32.1 Å². The number of aromatic nitrogens is 1. The highest BCUT2D eigenvalue weighted by atomic mass is 32.1. The first-order chi connectivity index (χ1) is 16.8. The van der Waals surface area contributed by atoms with Crippen LogP contribution >= 0.6 is 11.3 Å². The van der Waals surface area contributed by atoms with Crippen LogP contribution < -0.4 is 0 Å². The minimum absolute atomic E-state index is 0.0127. The van der Waals surface area contributed by atoms with E-state index in [9.17, 15) is 19.5 Å². The van der Waals surface area contributed by atoms with Crippen molar-refractivity contribution in [3.63, 3.8) is 0 Å². The average molecular weight is 492 g/mol. The molecule has 5 rings (SSSR count). The summed E-state index contributed by atoms with van der Waals surface area (Å²) < 4.78 is 0.982. The van der Waals surface area contributed by atoms with Crippen LogP contribution in [0.2, 0.25) is 0 Å². The summed E-state index contributed by atoms with van der Waals surface area (Å²) in [5.41, 5.74) is 2.67. The number of benzene rings is 2. The summed E-state index contributed by atoms with van der Waals surface area (Å²) in [4.78, 5) is 46.7. The van der Waals surface area contributed by atoms with E-state index in [-0.39, 0.29) is 24.5 Å². The van der Waals surface area contributed by atoms with Crippen molar-refractivity contribution in [3.05, 3.63) is 64.2 Å². The molecule has 2 heterocycles. The van der Waals surface area contributed by atoms with Crippen molar-refractivity contribution in [3.8, 4) is 0 Å². The molecular formula is C27H29N3O4S. The van der Waals surface area contributed by atoms with Gasteiger partial charge in [0.2, 0.25) is 0 Å². The van der Waals surface area contributed by atoms with Gasteiger partial charge in [0, 0.05) is 50.0 Å². The summed E-state index contributed by atoms with van der Waals surface area (Å²) in [6.07, 6.45) is 1.53. The van der Waals surface area contributed by atoms with Crippen LogP contribution in [0.3, 0.4) is 0 Å². The molecule has 2 aliphatic rings. The normalized spacial score (nSPS) is 17.5. The molecule has 1 aromatic heterocycles. The SMILES string of the molecule is CN1CCN(C(=O)c2ccc3sc(CCC(=O)C4(CC(=O)O)Cc5ccccc5C4)nc3c2)CC1. The number of ketones is 1. The summed E-state index contributed by atoms with van der Waals surface area (Å²) in [6, 6.07) is 13.5. The number of carboxylic acids is 1. The third kappa shape index (κ3) is 4.86. The first-order valence-corrected chi connectivity index (χ1v) is 12.8. The summed E-state index contributed by atoms with van der Waals surface area (Å²) in [7, 11) is 2.06. The highest BCUT2D eigenvalue weighted by Crippen LogP contribution is 2.41. The van der Waals surface area contributed by atoms with Crippen LogP contribution in [0.1, 0.15) is 39.3 Å². The average Bonchev–Trinajstić information content (AvgIpc) is 3.42. The lowest BCUT2D eigenvalue weighted by molar-refractivity contribution is -0.144. The van der Waals surface area contributed by atoms with Crippen LogP contribution in [0.4, 0.5) is 0 Å². The Bertz CT molecular complexity index is 1270. The van der Waals surface area contributed by atoms with Crippen molar-refractivity contribution in [1.29, 1.82) is 0 Å². The smallest absolute Gasteiger partial charge is 0.304 e. The molecule has 7 nitrogen and oxygen atoms in total. The number of nitrogens with zero attached hydrogens (tertiary/aromatic N) is 3. The van der Waals surface area contributed by atoms with Gasteiger partial charge in [-0.1, -0.05) is 24.3 Å². The fourth-order valence-corrected chi connectivity index (χ4v) is 6.24. The van der Waals surface area contributed by atoms with Gasteiger partial charge in [0.25, 0.3) is 5.91 Å². The van der Waals surface area contributed by atoms with Crippen LogP contribution in [-0.4, -0.2) is 70.8 Å². The maximum atomic E-state index is 13.4. The molecule has 0 unspecified atom stereocenters. The zero-order valence-corrected chi connectivity index (χ0v) is 20.6. The summed E-state index contributed by atoms with van der Waals surface area (Å²) in [6.45, 7) is 3.19. The maximum absolute atomic E-state index is 13.4. The third-order valence-electron chi connectivity index (χ3n) is 7.29. The van der Waals surface area contributed by atoms with E-state index in [2.05, 4.69) is 11.9 Å². The van der Waals surface area contributed by atoms with Crippen molar-refractivity contribution in [2.24, 2.45) is 5.41 Å². The van der Waals surface area contributed by atoms with Gasteiger partial charge in [0.05, 0.1) is 21.6 Å². The zero-order chi connectivity index (χ0) is 24.6. The molecule has 0 spiro atoms. The molecule has 35 heavy (non-hydrogen) atoms. The Balaban J connectivity index is 1.28. The Hall–Kier alpha value is -3.10. The second kappa shape index (κ2) is 9.51. The fraction of sp³-hybridized carbons (Fsp3) is 0.407. The maximum Gasteiger partial charge on any atom is 0.304 e. The van der Waals surface area contributed by atoms with Gasteiger partial charge in [-0.3, -0.25) is 14.4 Å². The van der Waals surface area contributed by atoms with E-state index in [0.29, 0.717) is 24.8 Å². The van der Waals surface area contributed by atoms with E-state index in [1.165, 1.54) is 11.3 Å². The largest absolute Gasteiger partial charge is 0.481 e. The number of piperazine rings is 1. The monoisotopic (exact) mass is 491 g/mol. The van der Waals surface area contributed by atoms with Gasteiger partial charge in [-0.15, -0.1) is 11.3 Å². The molecule has 182 valence electrons. The number of carbonyl (C=O) groups excluding carboxylic acids is 2. The molecule has 1 aliphatic heterocycles. The topological polar surface area (TPSA) is 90.8 Å². The Morgan fingerprint density at radius 3 is 2.37 bits per heavy atom. The van der Waals surface area contributed by atoms with Gasteiger partial charge in [-0.05, 0) is 49.2 Å². The molecule has 1 saturated heterocycles. The molecule has 0 bridgehead atoms. The van der Waals surface area contributed by atoms with E-state index in [4.69, 9.17) is 4.98 Å². The third-order valence-corrected chi connectivity index (χ3v) is 8.39. The van der Waals surface area contributed by atoms with Gasteiger partial charge in [-0.2, -0.15) is 0 Å². The molecule has 8 heteroatoms. The molecule has 0 saturated carbocycles. The number of aliphatic carboxylic acids is 1. The number of Topliss-reactive ketones (excluding diaryl/α,β-unsaturated/α-hetero) is 1. The van der Waals surface area contributed by atoms with Crippen LogP contribution in [0.25, 0.3) is 10.2 Å². The highest BCUT2D eigenvalue weighted by Gasteiger charge is 2.44. The number of carbonyl (C=O) groups is 3. The van der Waals surface area contributed by atoms with E-state index in [1.807, 2.05) is 47.4 Å². The van der Waals surface area contributed by atoms with E-state index in [1.54, 1.807) is 0 Å². The summed E-state index contributed by atoms with van der Waals surface area (Å²) >= 11 is 1.53. The number of rotatable bonds is 7. The molecular weight excluding hydrogens is 462 g/mol. The molecule has 2 aromatic carbocycles. The minimum atomic E-state index is -0.941. The second-order valence-corrected chi connectivity index (χ2v) is 10.9. The number of amides is 1. The van der Waals surface area contributed by atoms with Gasteiger partial charge >= 0.3 is 5.97 Å². The molecule has 1 aliphatic carbocycles. The van der Waals surface area contributed by atoms with Crippen LogP contribution in [0, 0.1) is 5.41 Å². The first-order valence-electron chi connectivity index (χ1n) is 12.0. The fourth-order valence-electron chi connectivity index (χ4n) is 5.30. The van der Waals surface area contributed by atoms with Crippen molar-refractivity contribution in [1.82, 2.24) is 14.8 Å². The predicted molar refractivity (Wildman–Crippen MR) is 135 cm³/mol. The van der Waals surface area contributed by atoms with Crippen molar-refractivity contribution >= 4 is 39.2 Å². The Morgan fingerprint density at radius 1 is 1.03 bits per heavy atom. The van der Waals surface area contributed by atoms with Crippen LogP contribution in [-0.2, 0) is 28.9 Å². The van der Waals surface area contributed by atoms with Gasteiger partial charge in [-0.25, -0.2) is 4.98 Å². The summed E-state index contributed by atoms with van der Waals surface area (Å²) in [5.74, 6) is -0.925. The minimum Gasteiger partial charge on any atom is -0.481 e.